The van der Waals surface area contributed by atoms with Crippen molar-refractivity contribution in [3.63, 3.8) is 0 Å². The summed E-state index contributed by atoms with van der Waals surface area (Å²) in [5.41, 5.74) is 2.54. The first-order chi connectivity index (χ1) is 14.0. The summed E-state index contributed by atoms with van der Waals surface area (Å²) >= 11 is 6.18. The molecule has 0 saturated carbocycles. The summed E-state index contributed by atoms with van der Waals surface area (Å²) in [5, 5.41) is 3.08. The molecule has 1 fully saturated rings. The molecule has 1 heterocycles. The van der Waals surface area contributed by atoms with Gasteiger partial charge in [0, 0.05) is 18.7 Å². The normalized spacial score (nSPS) is 16.4. The molecule has 0 radical (unpaired) electrons. The van der Waals surface area contributed by atoms with Gasteiger partial charge in [0.15, 0.2) is 0 Å². The maximum atomic E-state index is 12.9. The maximum Gasteiger partial charge on any atom is 0.251 e. The van der Waals surface area contributed by atoms with E-state index in [1.54, 1.807) is 6.07 Å². The molecule has 162 valence electrons. The number of carbonyl (C=O) groups is 1. The van der Waals surface area contributed by atoms with Gasteiger partial charge in [-0.1, -0.05) is 56.6 Å². The highest BCUT2D eigenvalue weighted by molar-refractivity contribution is 7.89. The first-order valence-corrected chi connectivity index (χ1v) is 12.0. The molecule has 2 aromatic carbocycles. The number of nitrogens with zero attached hydrogens (tertiary/aromatic N) is 1. The van der Waals surface area contributed by atoms with Crippen molar-refractivity contribution in [3.8, 4) is 0 Å². The number of sulfonamides is 1. The zero-order chi connectivity index (χ0) is 22.1. The summed E-state index contributed by atoms with van der Waals surface area (Å²) in [6.45, 7) is 9.33. The van der Waals surface area contributed by atoms with Crippen LogP contribution in [-0.4, -0.2) is 31.7 Å². The van der Waals surface area contributed by atoms with Crippen LogP contribution in [0.2, 0.25) is 5.02 Å². The van der Waals surface area contributed by atoms with Crippen LogP contribution < -0.4 is 5.32 Å². The minimum atomic E-state index is -3.70. The number of rotatable bonds is 5. The Kier molecular flexibility index (Phi) is 6.60. The van der Waals surface area contributed by atoms with Gasteiger partial charge >= 0.3 is 0 Å². The van der Waals surface area contributed by atoms with Gasteiger partial charge in [0.25, 0.3) is 5.91 Å². The van der Waals surface area contributed by atoms with Gasteiger partial charge in [-0.25, -0.2) is 8.42 Å². The number of hydrogen-bond donors (Lipinski definition) is 1. The molecule has 0 spiro atoms. The molecule has 1 unspecified atom stereocenters. The fraction of sp³-hybridized carbons (Fsp3) is 0.435. The molecule has 2 aromatic rings. The number of carbonyl (C=O) groups excluding carboxylic acids is 1. The first kappa shape index (κ1) is 22.8. The number of amides is 1. The predicted molar refractivity (Wildman–Crippen MR) is 120 cm³/mol. The molecule has 0 aliphatic carbocycles. The lowest BCUT2D eigenvalue weighted by Gasteiger charge is -2.21. The zero-order valence-electron chi connectivity index (χ0n) is 17.9. The molecule has 5 nitrogen and oxygen atoms in total. The number of benzene rings is 2. The van der Waals surface area contributed by atoms with Gasteiger partial charge in [0.1, 0.15) is 4.90 Å². The topological polar surface area (TPSA) is 66.5 Å². The van der Waals surface area contributed by atoms with Crippen molar-refractivity contribution in [3.05, 3.63) is 64.2 Å². The Morgan fingerprint density at radius 2 is 1.67 bits per heavy atom. The van der Waals surface area contributed by atoms with E-state index in [2.05, 4.69) is 38.2 Å². The Hall–Kier alpha value is -1.89. The summed E-state index contributed by atoms with van der Waals surface area (Å²) in [5.74, 6) is -0.336. The van der Waals surface area contributed by atoms with Crippen molar-refractivity contribution in [1.82, 2.24) is 9.62 Å². The lowest BCUT2D eigenvalue weighted by Crippen LogP contribution is -2.29. The molecule has 1 amide bonds. The highest BCUT2D eigenvalue weighted by atomic mass is 35.5. The standard InChI is InChI=1S/C23H29ClN2O3S/c1-16(17-7-10-19(11-8-17)23(2,3)4)25-22(27)18-9-12-20(24)21(15-18)30(28,29)26-13-5-6-14-26/h7-12,15-16H,5-6,13-14H2,1-4H3,(H,25,27). The molecule has 7 heteroatoms. The van der Waals surface area contributed by atoms with Gasteiger partial charge in [0.05, 0.1) is 11.1 Å². The van der Waals surface area contributed by atoms with Crippen molar-refractivity contribution >= 4 is 27.5 Å². The van der Waals surface area contributed by atoms with Gasteiger partial charge in [-0.05, 0) is 54.5 Å². The third-order valence-corrected chi connectivity index (χ3v) is 7.88. The first-order valence-electron chi connectivity index (χ1n) is 10.2. The van der Waals surface area contributed by atoms with Gasteiger partial charge < -0.3 is 5.32 Å². The monoisotopic (exact) mass is 448 g/mol. The Morgan fingerprint density at radius 1 is 1.07 bits per heavy atom. The SMILES string of the molecule is CC(NC(=O)c1ccc(Cl)c(S(=O)(=O)N2CCCC2)c1)c1ccc(C(C)(C)C)cc1. The van der Waals surface area contributed by atoms with Crippen molar-refractivity contribution in [2.45, 2.75) is 56.9 Å². The van der Waals surface area contributed by atoms with Crippen LogP contribution in [0.4, 0.5) is 0 Å². The molecule has 1 aliphatic rings. The Morgan fingerprint density at radius 3 is 2.23 bits per heavy atom. The van der Waals surface area contributed by atoms with Crippen LogP contribution in [0.25, 0.3) is 0 Å². The summed E-state index contributed by atoms with van der Waals surface area (Å²) in [6, 6.07) is 12.3. The van der Waals surface area contributed by atoms with Crippen LogP contribution in [0.5, 0.6) is 0 Å². The zero-order valence-corrected chi connectivity index (χ0v) is 19.5. The lowest BCUT2D eigenvalue weighted by molar-refractivity contribution is 0.0939. The van der Waals surface area contributed by atoms with Crippen LogP contribution in [0, 0.1) is 0 Å². The van der Waals surface area contributed by atoms with Gasteiger partial charge in [-0.15, -0.1) is 0 Å². The van der Waals surface area contributed by atoms with Crippen molar-refractivity contribution in [1.29, 1.82) is 0 Å². The van der Waals surface area contributed by atoms with Crippen LogP contribution in [0.3, 0.4) is 0 Å². The Labute approximate surface area is 184 Å². The quantitative estimate of drug-likeness (QED) is 0.706. The Bertz CT molecular complexity index is 1020. The number of nitrogens with one attached hydrogen (secondary N) is 1. The van der Waals surface area contributed by atoms with E-state index < -0.39 is 10.0 Å². The Balaban J connectivity index is 1.78. The van der Waals surface area contributed by atoms with Crippen molar-refractivity contribution in [2.75, 3.05) is 13.1 Å². The minimum Gasteiger partial charge on any atom is -0.346 e. The predicted octanol–water partition coefficient (Wildman–Crippen LogP) is 4.91. The molecule has 0 bridgehead atoms. The van der Waals surface area contributed by atoms with E-state index in [1.807, 2.05) is 19.1 Å². The molecule has 1 aliphatic heterocycles. The highest BCUT2D eigenvalue weighted by Gasteiger charge is 2.30. The smallest absolute Gasteiger partial charge is 0.251 e. The van der Waals surface area contributed by atoms with E-state index in [0.717, 1.165) is 18.4 Å². The number of hydrogen-bond acceptors (Lipinski definition) is 3. The largest absolute Gasteiger partial charge is 0.346 e. The second kappa shape index (κ2) is 8.69. The van der Waals surface area contributed by atoms with Gasteiger partial charge in [0.2, 0.25) is 10.0 Å². The summed E-state index contributed by atoms with van der Waals surface area (Å²) in [6.07, 6.45) is 1.67. The molecule has 0 aromatic heterocycles. The fourth-order valence-electron chi connectivity index (χ4n) is 3.54. The molecular formula is C23H29ClN2O3S. The average Bonchev–Trinajstić information content (AvgIpc) is 3.23. The molecule has 1 N–H and O–H groups in total. The van der Waals surface area contributed by atoms with E-state index in [9.17, 15) is 13.2 Å². The third-order valence-electron chi connectivity index (χ3n) is 5.50. The van der Waals surface area contributed by atoms with Crippen LogP contribution in [-0.2, 0) is 15.4 Å². The van der Waals surface area contributed by atoms with Crippen LogP contribution in [0.15, 0.2) is 47.4 Å². The molecule has 1 atom stereocenters. The lowest BCUT2D eigenvalue weighted by atomic mass is 9.86. The summed E-state index contributed by atoms with van der Waals surface area (Å²) < 4.78 is 27.2. The summed E-state index contributed by atoms with van der Waals surface area (Å²) in [7, 11) is -3.70. The van der Waals surface area contributed by atoms with E-state index in [-0.39, 0.29) is 32.8 Å². The molecular weight excluding hydrogens is 420 g/mol. The van der Waals surface area contributed by atoms with Crippen molar-refractivity contribution < 1.29 is 13.2 Å². The van der Waals surface area contributed by atoms with E-state index in [0.29, 0.717) is 13.1 Å². The third kappa shape index (κ3) is 4.88. The van der Waals surface area contributed by atoms with Crippen molar-refractivity contribution in [2.24, 2.45) is 0 Å². The summed E-state index contributed by atoms with van der Waals surface area (Å²) in [4.78, 5) is 12.8. The molecule has 3 rings (SSSR count). The van der Waals surface area contributed by atoms with E-state index >= 15 is 0 Å². The van der Waals surface area contributed by atoms with Crippen LogP contribution in [0.1, 0.15) is 68.1 Å². The minimum absolute atomic E-state index is 0.0131. The van der Waals surface area contributed by atoms with Gasteiger partial charge in [-0.2, -0.15) is 4.31 Å². The average molecular weight is 449 g/mol. The van der Waals surface area contributed by atoms with Crippen LogP contribution >= 0.6 is 11.6 Å². The second-order valence-electron chi connectivity index (χ2n) is 8.82. The molecule has 1 saturated heterocycles. The van der Waals surface area contributed by atoms with E-state index in [1.165, 1.54) is 22.0 Å². The second-order valence-corrected chi connectivity index (χ2v) is 11.1. The molecule has 30 heavy (non-hydrogen) atoms. The number of halogens is 1. The highest BCUT2D eigenvalue weighted by Crippen LogP contribution is 2.29. The fourth-order valence-corrected chi connectivity index (χ4v) is 5.56. The van der Waals surface area contributed by atoms with E-state index in [4.69, 9.17) is 11.6 Å². The maximum absolute atomic E-state index is 12.9. The van der Waals surface area contributed by atoms with Gasteiger partial charge in [-0.3, -0.25) is 4.79 Å².